The Morgan fingerprint density at radius 1 is 1.31 bits per heavy atom. The number of epoxide rings is 1. The summed E-state index contributed by atoms with van der Waals surface area (Å²) in [5.74, 6) is 0.0989. The van der Waals surface area contributed by atoms with Crippen LogP contribution in [0.3, 0.4) is 0 Å². The molecule has 1 aliphatic rings. The number of rotatable bonds is 11. The third-order valence-corrected chi connectivity index (χ3v) is 4.24. The van der Waals surface area contributed by atoms with Gasteiger partial charge in [0.1, 0.15) is 12.0 Å². The molecule has 0 aromatic rings. The van der Waals surface area contributed by atoms with Crippen molar-refractivity contribution in [1.29, 1.82) is 0 Å². The molecule has 0 unspecified atom stereocenters. The summed E-state index contributed by atoms with van der Waals surface area (Å²) >= 11 is 0. The van der Waals surface area contributed by atoms with Gasteiger partial charge in [0.15, 0.2) is 0 Å². The standard InChI is InChI=1S/C11H24O4Si/c1-3-13-11(14-4-2)16-7-5-6-12-8-10-9-15-10/h10-11H,3-9,16H2,1-2H3/t10-/m1/s1. The van der Waals surface area contributed by atoms with E-state index in [4.69, 9.17) is 18.9 Å². The maximum absolute atomic E-state index is 5.52. The molecule has 1 aliphatic heterocycles. The number of ether oxygens (including phenoxy) is 4. The Hall–Kier alpha value is 0.0569. The highest BCUT2D eigenvalue weighted by atomic mass is 28.2. The second kappa shape index (κ2) is 9.12. The Morgan fingerprint density at radius 2 is 2.00 bits per heavy atom. The lowest BCUT2D eigenvalue weighted by molar-refractivity contribution is -0.0828. The van der Waals surface area contributed by atoms with Gasteiger partial charge in [0.05, 0.1) is 22.7 Å². The quantitative estimate of drug-likeness (QED) is 0.234. The highest BCUT2D eigenvalue weighted by Crippen LogP contribution is 2.08. The SMILES string of the molecule is CCOC(OCC)[SiH2]CCCOC[C@@H]1CO1. The van der Waals surface area contributed by atoms with Gasteiger partial charge in [-0.3, -0.25) is 0 Å². The zero-order valence-electron chi connectivity index (χ0n) is 10.4. The van der Waals surface area contributed by atoms with Gasteiger partial charge in [-0.1, -0.05) is 6.04 Å². The monoisotopic (exact) mass is 248 g/mol. The topological polar surface area (TPSA) is 40.2 Å². The van der Waals surface area contributed by atoms with Crippen LogP contribution in [0.25, 0.3) is 0 Å². The molecule has 0 aromatic carbocycles. The molecular formula is C11H24O4Si. The summed E-state index contributed by atoms with van der Waals surface area (Å²) in [5.41, 5.74) is 0. The van der Waals surface area contributed by atoms with Crippen LogP contribution in [0.15, 0.2) is 0 Å². The highest BCUT2D eigenvalue weighted by molar-refractivity contribution is 6.36. The van der Waals surface area contributed by atoms with E-state index in [1.54, 1.807) is 0 Å². The molecule has 0 saturated carbocycles. The number of hydrogen-bond donors (Lipinski definition) is 0. The average molecular weight is 248 g/mol. The van der Waals surface area contributed by atoms with Crippen LogP contribution in [-0.2, 0) is 18.9 Å². The second-order valence-electron chi connectivity index (χ2n) is 3.87. The zero-order valence-corrected chi connectivity index (χ0v) is 11.9. The minimum atomic E-state index is -0.284. The van der Waals surface area contributed by atoms with Crippen LogP contribution in [0.5, 0.6) is 0 Å². The summed E-state index contributed by atoms with van der Waals surface area (Å²) < 4.78 is 21.6. The molecule has 1 fully saturated rings. The van der Waals surface area contributed by atoms with Gasteiger partial charge in [-0.2, -0.15) is 0 Å². The molecular weight excluding hydrogens is 224 g/mol. The van der Waals surface area contributed by atoms with E-state index in [-0.39, 0.29) is 15.4 Å². The van der Waals surface area contributed by atoms with E-state index in [1.165, 1.54) is 6.04 Å². The molecule has 96 valence electrons. The van der Waals surface area contributed by atoms with Crippen molar-refractivity contribution in [3.05, 3.63) is 0 Å². The van der Waals surface area contributed by atoms with E-state index in [1.807, 2.05) is 13.8 Å². The summed E-state index contributed by atoms with van der Waals surface area (Å²) in [7, 11) is -0.284. The van der Waals surface area contributed by atoms with E-state index >= 15 is 0 Å². The summed E-state index contributed by atoms with van der Waals surface area (Å²) in [6, 6.07) is 1.22. The Morgan fingerprint density at radius 3 is 2.56 bits per heavy atom. The van der Waals surface area contributed by atoms with Gasteiger partial charge in [-0.15, -0.1) is 0 Å². The zero-order chi connectivity index (χ0) is 11.6. The van der Waals surface area contributed by atoms with Crippen LogP contribution in [0.2, 0.25) is 6.04 Å². The minimum absolute atomic E-state index is 0.0989. The maximum Gasteiger partial charge on any atom is 0.134 e. The van der Waals surface area contributed by atoms with E-state index in [9.17, 15) is 0 Å². The lowest BCUT2D eigenvalue weighted by atomic mass is 10.5. The maximum atomic E-state index is 5.52. The molecule has 1 heterocycles. The van der Waals surface area contributed by atoms with Gasteiger partial charge in [0, 0.05) is 19.8 Å². The molecule has 16 heavy (non-hydrogen) atoms. The van der Waals surface area contributed by atoms with E-state index in [0.717, 1.165) is 39.5 Å². The van der Waals surface area contributed by atoms with Gasteiger partial charge < -0.3 is 18.9 Å². The van der Waals surface area contributed by atoms with Crippen molar-refractivity contribution < 1.29 is 18.9 Å². The molecule has 0 aliphatic carbocycles. The first-order valence-electron chi connectivity index (χ1n) is 6.29. The van der Waals surface area contributed by atoms with Crippen LogP contribution in [0.4, 0.5) is 0 Å². The van der Waals surface area contributed by atoms with Crippen molar-refractivity contribution >= 4 is 9.52 Å². The Bertz CT molecular complexity index is 158. The van der Waals surface area contributed by atoms with Crippen LogP contribution in [0.1, 0.15) is 20.3 Å². The summed E-state index contributed by atoms with van der Waals surface area (Å²) in [4.78, 5) is 0. The molecule has 5 heteroatoms. The van der Waals surface area contributed by atoms with E-state index in [0.29, 0.717) is 6.10 Å². The van der Waals surface area contributed by atoms with Crippen LogP contribution in [0, 0.1) is 0 Å². The molecule has 1 rings (SSSR count). The lowest BCUT2D eigenvalue weighted by Gasteiger charge is -2.16. The lowest BCUT2D eigenvalue weighted by Crippen LogP contribution is -2.24. The largest absolute Gasteiger partial charge is 0.379 e. The molecule has 0 bridgehead atoms. The Labute approximate surface area is 100 Å². The summed E-state index contributed by atoms with van der Waals surface area (Å²) in [6.07, 6.45) is 1.51. The van der Waals surface area contributed by atoms with E-state index < -0.39 is 0 Å². The van der Waals surface area contributed by atoms with Gasteiger partial charge in [-0.05, 0) is 20.3 Å². The van der Waals surface area contributed by atoms with Crippen molar-refractivity contribution in [3.63, 3.8) is 0 Å². The van der Waals surface area contributed by atoms with Crippen LogP contribution >= 0.6 is 0 Å². The molecule has 1 saturated heterocycles. The van der Waals surface area contributed by atoms with Crippen molar-refractivity contribution in [2.75, 3.05) is 33.0 Å². The first-order valence-corrected chi connectivity index (χ1v) is 8.11. The fraction of sp³-hybridized carbons (Fsp3) is 1.00. The van der Waals surface area contributed by atoms with Crippen molar-refractivity contribution in [3.8, 4) is 0 Å². The minimum Gasteiger partial charge on any atom is -0.379 e. The third kappa shape index (κ3) is 7.35. The van der Waals surface area contributed by atoms with E-state index in [2.05, 4.69) is 0 Å². The predicted molar refractivity (Wildman–Crippen MR) is 65.6 cm³/mol. The van der Waals surface area contributed by atoms with Crippen molar-refractivity contribution in [2.24, 2.45) is 0 Å². The molecule has 0 aromatic heterocycles. The van der Waals surface area contributed by atoms with Crippen LogP contribution < -0.4 is 0 Å². The first kappa shape index (κ1) is 14.1. The van der Waals surface area contributed by atoms with Gasteiger partial charge in [0.25, 0.3) is 0 Å². The van der Waals surface area contributed by atoms with Crippen molar-refractivity contribution in [2.45, 2.75) is 38.3 Å². The number of hydrogen-bond acceptors (Lipinski definition) is 4. The Balaban J connectivity index is 1.85. The smallest absolute Gasteiger partial charge is 0.134 e. The fourth-order valence-electron chi connectivity index (χ4n) is 1.48. The summed E-state index contributed by atoms with van der Waals surface area (Å²) in [6.45, 7) is 8.00. The molecule has 0 amide bonds. The second-order valence-corrected chi connectivity index (χ2v) is 5.82. The molecule has 4 nitrogen and oxygen atoms in total. The van der Waals surface area contributed by atoms with Gasteiger partial charge in [0.2, 0.25) is 0 Å². The first-order chi connectivity index (χ1) is 7.86. The third-order valence-electron chi connectivity index (χ3n) is 2.39. The molecule has 1 atom stereocenters. The van der Waals surface area contributed by atoms with Crippen molar-refractivity contribution in [1.82, 2.24) is 0 Å². The predicted octanol–water partition coefficient (Wildman–Crippen LogP) is 0.736. The molecule has 0 radical (unpaired) electrons. The van der Waals surface area contributed by atoms with Crippen LogP contribution in [-0.4, -0.2) is 54.6 Å². The summed E-state index contributed by atoms with van der Waals surface area (Å²) in [5, 5.41) is 0. The van der Waals surface area contributed by atoms with Gasteiger partial charge in [-0.25, -0.2) is 0 Å². The normalized spacial score (nSPS) is 20.1. The highest BCUT2D eigenvalue weighted by Gasteiger charge is 2.21. The molecule has 0 spiro atoms. The van der Waals surface area contributed by atoms with Gasteiger partial charge >= 0.3 is 0 Å². The molecule has 0 N–H and O–H groups in total. The average Bonchev–Trinajstić information content (AvgIpc) is 3.07. The Kier molecular flexibility index (Phi) is 8.05. The fourth-order valence-corrected chi connectivity index (χ4v) is 3.11.